The summed E-state index contributed by atoms with van der Waals surface area (Å²) in [6, 6.07) is 0. The molecule has 4 nitrogen and oxygen atoms in total. The van der Waals surface area contributed by atoms with Crippen molar-refractivity contribution in [1.82, 2.24) is 0 Å². The van der Waals surface area contributed by atoms with E-state index < -0.39 is 11.9 Å². The van der Waals surface area contributed by atoms with E-state index in [4.69, 9.17) is 0 Å². The molecule has 5 heteroatoms. The Morgan fingerprint density at radius 3 is 0.946 bits per heavy atom. The zero-order valence-electron chi connectivity index (χ0n) is 24.6. The maximum absolute atomic E-state index is 10.2. The quantitative estimate of drug-likeness (QED) is 0.0635. The fraction of sp³-hybridized carbons (Fsp3) is 0.812. The molecule has 0 amide bonds. The standard InChI is InChI=1S/2C16H30O2.Ca/c2*1-2-3-4-5-6-7-8-9-10-11-12-13-14-15-16(17)18;/h2*7-8H,2-6,9-15H2,1H3,(H,17,18);/q;;+2/p-2/b2*8-7-;. The van der Waals surface area contributed by atoms with Crippen molar-refractivity contribution in [2.24, 2.45) is 0 Å². The van der Waals surface area contributed by atoms with Crippen LogP contribution in [0.1, 0.15) is 168 Å². The van der Waals surface area contributed by atoms with E-state index in [0.29, 0.717) is 0 Å². The maximum atomic E-state index is 10.2. The van der Waals surface area contributed by atoms with Gasteiger partial charge in [0.1, 0.15) is 0 Å². The average molecular weight is 547 g/mol. The minimum atomic E-state index is -0.916. The van der Waals surface area contributed by atoms with Gasteiger partial charge in [-0.3, -0.25) is 0 Å². The van der Waals surface area contributed by atoms with Crippen molar-refractivity contribution in [3.63, 3.8) is 0 Å². The third kappa shape index (κ3) is 45.9. The first kappa shape index (κ1) is 41.2. The number of rotatable bonds is 26. The van der Waals surface area contributed by atoms with Gasteiger partial charge in [0.25, 0.3) is 0 Å². The van der Waals surface area contributed by atoms with Crippen LogP contribution in [0.25, 0.3) is 0 Å². The van der Waals surface area contributed by atoms with Crippen LogP contribution in [0.4, 0.5) is 0 Å². The predicted molar refractivity (Wildman–Crippen MR) is 156 cm³/mol. The minimum Gasteiger partial charge on any atom is -0.550 e. The van der Waals surface area contributed by atoms with E-state index >= 15 is 0 Å². The molecule has 212 valence electrons. The van der Waals surface area contributed by atoms with Crippen LogP contribution in [0, 0.1) is 0 Å². The van der Waals surface area contributed by atoms with Gasteiger partial charge < -0.3 is 19.8 Å². The SMILES string of the molecule is CCCCCC/C=C\CCCCCCCC(=O)[O-].CCCCCC/C=C\CCCCCCCC(=O)[O-].[Ca+2]. The number of aliphatic carboxylic acids is 2. The zero-order chi connectivity index (χ0) is 27.0. The molecule has 0 aromatic heterocycles. The molecule has 0 aromatic carbocycles. The van der Waals surface area contributed by atoms with E-state index in [1.54, 1.807) is 0 Å². The fourth-order valence-electron chi connectivity index (χ4n) is 3.97. The molecule has 0 saturated carbocycles. The Morgan fingerprint density at radius 1 is 0.432 bits per heavy atom. The van der Waals surface area contributed by atoms with Crippen molar-refractivity contribution >= 4 is 49.7 Å². The Hall–Kier alpha value is -0.320. The van der Waals surface area contributed by atoms with Crippen LogP contribution in [0.2, 0.25) is 0 Å². The number of carbonyl (C=O) groups excluding carboxylic acids is 2. The fourth-order valence-corrected chi connectivity index (χ4v) is 3.97. The first-order chi connectivity index (χ1) is 17.5. The van der Waals surface area contributed by atoms with E-state index in [1.165, 1.54) is 103 Å². The number of hydrogen-bond acceptors (Lipinski definition) is 4. The first-order valence-electron chi connectivity index (χ1n) is 15.2. The molecule has 0 rings (SSSR count). The van der Waals surface area contributed by atoms with Gasteiger partial charge >= 0.3 is 37.7 Å². The third-order valence-corrected chi connectivity index (χ3v) is 6.29. The summed E-state index contributed by atoms with van der Waals surface area (Å²) in [5, 5.41) is 20.4. The van der Waals surface area contributed by atoms with Crippen LogP contribution < -0.4 is 10.2 Å². The molecule has 37 heavy (non-hydrogen) atoms. The van der Waals surface area contributed by atoms with Gasteiger partial charge in [-0.1, -0.05) is 115 Å². The van der Waals surface area contributed by atoms with Gasteiger partial charge in [-0.15, -0.1) is 0 Å². The molecule has 0 spiro atoms. The molecular weight excluding hydrogens is 488 g/mol. The number of carboxylic acid groups (broad SMARTS) is 2. The molecule has 0 heterocycles. The van der Waals surface area contributed by atoms with Crippen LogP contribution >= 0.6 is 0 Å². The van der Waals surface area contributed by atoms with Crippen LogP contribution in [-0.2, 0) is 9.59 Å². The monoisotopic (exact) mass is 546 g/mol. The van der Waals surface area contributed by atoms with Crippen LogP contribution in [-0.4, -0.2) is 49.7 Å². The number of unbranched alkanes of at least 4 members (excludes halogenated alkanes) is 18. The number of carboxylic acids is 2. The molecule has 0 aliphatic rings. The topological polar surface area (TPSA) is 80.3 Å². The van der Waals surface area contributed by atoms with Crippen molar-refractivity contribution < 1.29 is 19.8 Å². The van der Waals surface area contributed by atoms with E-state index in [9.17, 15) is 19.8 Å². The molecule has 0 bridgehead atoms. The molecule has 0 radical (unpaired) electrons. The van der Waals surface area contributed by atoms with Crippen molar-refractivity contribution in [1.29, 1.82) is 0 Å². The normalized spacial score (nSPS) is 10.9. The summed E-state index contributed by atoms with van der Waals surface area (Å²) in [5.74, 6) is -1.83. The molecule has 0 N–H and O–H groups in total. The number of hydrogen-bond donors (Lipinski definition) is 0. The zero-order valence-corrected chi connectivity index (χ0v) is 26.8. The van der Waals surface area contributed by atoms with Crippen LogP contribution in [0.3, 0.4) is 0 Å². The Kier molecular flexibility index (Phi) is 42.1. The van der Waals surface area contributed by atoms with E-state index in [-0.39, 0.29) is 50.6 Å². The maximum Gasteiger partial charge on any atom is 2.00 e. The summed E-state index contributed by atoms with van der Waals surface area (Å²) in [5.41, 5.74) is 0. The largest absolute Gasteiger partial charge is 2.00 e. The first-order valence-corrected chi connectivity index (χ1v) is 15.2. The Balaban J connectivity index is -0.000000608. The van der Waals surface area contributed by atoms with Crippen LogP contribution in [0.5, 0.6) is 0 Å². The Morgan fingerprint density at radius 2 is 0.676 bits per heavy atom. The van der Waals surface area contributed by atoms with Gasteiger partial charge in [-0.05, 0) is 77.0 Å². The van der Waals surface area contributed by atoms with Crippen LogP contribution in [0.15, 0.2) is 24.3 Å². The van der Waals surface area contributed by atoms with E-state index in [0.717, 1.165) is 38.5 Å². The van der Waals surface area contributed by atoms with E-state index in [2.05, 4.69) is 38.2 Å². The molecule has 0 aliphatic carbocycles. The summed E-state index contributed by atoms with van der Waals surface area (Å²) in [6.45, 7) is 4.48. The molecule has 0 aromatic rings. The summed E-state index contributed by atoms with van der Waals surface area (Å²) < 4.78 is 0. The number of carbonyl (C=O) groups is 2. The van der Waals surface area contributed by atoms with Gasteiger partial charge in [0, 0.05) is 11.9 Å². The van der Waals surface area contributed by atoms with Crippen molar-refractivity contribution in [3.05, 3.63) is 24.3 Å². The molecular formula is C32H58CaO4. The third-order valence-electron chi connectivity index (χ3n) is 6.29. The van der Waals surface area contributed by atoms with Crippen molar-refractivity contribution in [3.8, 4) is 0 Å². The molecule has 0 atom stereocenters. The van der Waals surface area contributed by atoms with E-state index in [1.807, 2.05) is 0 Å². The van der Waals surface area contributed by atoms with Gasteiger partial charge in [-0.25, -0.2) is 0 Å². The predicted octanol–water partition coefficient (Wildman–Crippen LogP) is 7.61. The van der Waals surface area contributed by atoms with Gasteiger partial charge in [-0.2, -0.15) is 0 Å². The number of allylic oxidation sites excluding steroid dienone is 4. The summed E-state index contributed by atoms with van der Waals surface area (Å²) in [6.07, 6.45) is 36.0. The molecule has 0 fully saturated rings. The summed E-state index contributed by atoms with van der Waals surface area (Å²) >= 11 is 0. The second-order valence-corrected chi connectivity index (χ2v) is 10.00. The summed E-state index contributed by atoms with van der Waals surface area (Å²) in [7, 11) is 0. The second-order valence-electron chi connectivity index (χ2n) is 10.00. The van der Waals surface area contributed by atoms with Gasteiger partial charge in [0.2, 0.25) is 0 Å². The molecule has 0 aliphatic heterocycles. The smallest absolute Gasteiger partial charge is 0.550 e. The Bertz CT molecular complexity index is 471. The van der Waals surface area contributed by atoms with Crippen molar-refractivity contribution in [2.45, 2.75) is 168 Å². The average Bonchev–Trinajstić information content (AvgIpc) is 2.85. The minimum absolute atomic E-state index is 0. The summed E-state index contributed by atoms with van der Waals surface area (Å²) in [4.78, 5) is 20.4. The van der Waals surface area contributed by atoms with Crippen molar-refractivity contribution in [2.75, 3.05) is 0 Å². The molecule has 0 saturated heterocycles. The Labute approximate surface area is 260 Å². The van der Waals surface area contributed by atoms with Gasteiger partial charge in [0.15, 0.2) is 0 Å². The van der Waals surface area contributed by atoms with Gasteiger partial charge in [0.05, 0.1) is 0 Å². The second kappa shape index (κ2) is 37.8. The molecule has 0 unspecified atom stereocenters.